The van der Waals surface area contributed by atoms with Crippen molar-refractivity contribution in [3.63, 3.8) is 0 Å². The van der Waals surface area contributed by atoms with E-state index in [1.807, 2.05) is 24.8 Å². The Morgan fingerprint density at radius 1 is 0.595 bits per heavy atom. The van der Waals surface area contributed by atoms with Gasteiger partial charge in [0.1, 0.15) is 23.3 Å². The normalized spacial score (nSPS) is 12.8. The predicted octanol–water partition coefficient (Wildman–Crippen LogP) is 6.89. The zero-order valence-electron chi connectivity index (χ0n) is 24.2. The van der Waals surface area contributed by atoms with Gasteiger partial charge < -0.3 is 0 Å². The highest BCUT2D eigenvalue weighted by Crippen LogP contribution is 2.36. The van der Waals surface area contributed by atoms with E-state index in [0.717, 1.165) is 47.5 Å². The van der Waals surface area contributed by atoms with Crippen molar-refractivity contribution in [1.29, 1.82) is 0 Å². The van der Waals surface area contributed by atoms with Gasteiger partial charge in [-0.15, -0.1) is 0 Å². The summed E-state index contributed by atoms with van der Waals surface area (Å²) in [5, 5.41) is 0. The number of imidazole rings is 2. The third-order valence-corrected chi connectivity index (χ3v) is 7.20. The van der Waals surface area contributed by atoms with E-state index in [1.54, 1.807) is 0 Å². The fourth-order valence-electron chi connectivity index (χ4n) is 4.53. The minimum Gasteiger partial charge on any atom is -0.288 e. The molecule has 0 N–H and O–H groups in total. The van der Waals surface area contributed by atoms with Crippen LogP contribution < -0.4 is 0 Å². The first-order valence-corrected chi connectivity index (χ1v) is 13.4. The zero-order chi connectivity index (χ0) is 27.2. The maximum atomic E-state index is 5.23. The Morgan fingerprint density at radius 3 is 1.30 bits per heavy atom. The first kappa shape index (κ1) is 26.8. The summed E-state index contributed by atoms with van der Waals surface area (Å²) in [7, 11) is 0. The Balaban J connectivity index is 1.95. The van der Waals surface area contributed by atoms with Crippen molar-refractivity contribution in [1.82, 2.24) is 29.1 Å². The molecule has 0 fully saturated rings. The van der Waals surface area contributed by atoms with Crippen molar-refractivity contribution in [2.45, 2.75) is 98.3 Å². The number of hydrogen-bond acceptors (Lipinski definition) is 4. The maximum Gasteiger partial charge on any atom is 0.138 e. The summed E-state index contributed by atoms with van der Waals surface area (Å²) in [5.74, 6) is 3.81. The molecule has 4 rings (SSSR count). The van der Waals surface area contributed by atoms with Crippen LogP contribution in [0, 0.1) is 0 Å². The molecule has 0 saturated carbocycles. The summed E-state index contributed by atoms with van der Waals surface area (Å²) in [6, 6.07) is 8.91. The molecule has 0 bridgehead atoms. The van der Waals surface area contributed by atoms with E-state index in [1.165, 1.54) is 11.1 Å². The summed E-state index contributed by atoms with van der Waals surface area (Å²) in [6.07, 6.45) is 9.41. The predicted molar refractivity (Wildman–Crippen MR) is 151 cm³/mol. The summed E-state index contributed by atoms with van der Waals surface area (Å²) in [6.45, 7) is 22.2. The lowest BCUT2D eigenvalue weighted by atomic mass is 9.78. The van der Waals surface area contributed by atoms with Crippen molar-refractivity contribution in [3.8, 4) is 11.6 Å². The molecule has 6 heteroatoms. The summed E-state index contributed by atoms with van der Waals surface area (Å²) in [4.78, 5) is 19.6. The van der Waals surface area contributed by atoms with Crippen LogP contribution in [0.3, 0.4) is 0 Å². The van der Waals surface area contributed by atoms with E-state index >= 15 is 0 Å². The molecule has 0 amide bonds. The zero-order valence-corrected chi connectivity index (χ0v) is 24.2. The van der Waals surface area contributed by atoms with Crippen molar-refractivity contribution < 1.29 is 0 Å². The standard InChI is InChI=1S/C31H42N6/c1-11-25-32-13-15-36(25)27-19-21(29(3,4)5)17-23(34-27)31(9,10)24-18-22(30(6,7)8)20-28(35-24)37-16-14-33-26(37)12-2/h13-20H,11-12H2,1-10H3. The SMILES string of the molecule is CCc1nccn1-c1cc(C(C)(C)C)cc(C(C)(C)c2cc(C(C)(C)C)cc(-n3ccnc3CC)n2)n1. The van der Waals surface area contributed by atoms with Gasteiger partial charge in [0.2, 0.25) is 0 Å². The van der Waals surface area contributed by atoms with Crippen LogP contribution in [0.15, 0.2) is 49.1 Å². The van der Waals surface area contributed by atoms with Gasteiger partial charge >= 0.3 is 0 Å². The molecular weight excluding hydrogens is 456 g/mol. The molecule has 196 valence electrons. The smallest absolute Gasteiger partial charge is 0.138 e. The lowest BCUT2D eigenvalue weighted by Crippen LogP contribution is -2.27. The molecule has 4 aromatic heterocycles. The van der Waals surface area contributed by atoms with Gasteiger partial charge in [-0.2, -0.15) is 0 Å². The van der Waals surface area contributed by atoms with E-state index in [-0.39, 0.29) is 10.8 Å². The van der Waals surface area contributed by atoms with Gasteiger partial charge in [-0.3, -0.25) is 9.13 Å². The second-order valence-corrected chi connectivity index (χ2v) is 12.5. The molecule has 4 aromatic rings. The molecule has 0 unspecified atom stereocenters. The Morgan fingerprint density at radius 2 is 0.973 bits per heavy atom. The van der Waals surface area contributed by atoms with Crippen molar-refractivity contribution >= 4 is 0 Å². The quantitative estimate of drug-likeness (QED) is 0.290. The van der Waals surface area contributed by atoms with E-state index in [0.29, 0.717) is 0 Å². The highest BCUT2D eigenvalue weighted by molar-refractivity contribution is 5.44. The van der Waals surface area contributed by atoms with Crippen molar-refractivity contribution in [2.75, 3.05) is 0 Å². The molecule has 0 spiro atoms. The average molecular weight is 499 g/mol. The van der Waals surface area contributed by atoms with Crippen LogP contribution in [0.2, 0.25) is 0 Å². The molecule has 37 heavy (non-hydrogen) atoms. The van der Waals surface area contributed by atoms with Crippen molar-refractivity contribution in [3.05, 3.63) is 83.2 Å². The molecule has 6 nitrogen and oxygen atoms in total. The van der Waals surface area contributed by atoms with E-state index in [2.05, 4.69) is 113 Å². The molecule has 4 heterocycles. The lowest BCUT2D eigenvalue weighted by Gasteiger charge is -2.30. The van der Waals surface area contributed by atoms with Gasteiger partial charge in [0, 0.05) is 43.0 Å². The summed E-state index contributed by atoms with van der Waals surface area (Å²) < 4.78 is 4.22. The number of nitrogens with zero attached hydrogens (tertiary/aromatic N) is 6. The van der Waals surface area contributed by atoms with E-state index < -0.39 is 5.41 Å². The Labute approximate surface area is 222 Å². The van der Waals surface area contributed by atoms with Gasteiger partial charge in [-0.25, -0.2) is 19.9 Å². The van der Waals surface area contributed by atoms with Crippen LogP contribution in [0.4, 0.5) is 0 Å². The highest BCUT2D eigenvalue weighted by atomic mass is 15.1. The maximum absolute atomic E-state index is 5.23. The van der Waals surface area contributed by atoms with Crippen LogP contribution >= 0.6 is 0 Å². The highest BCUT2D eigenvalue weighted by Gasteiger charge is 2.31. The third-order valence-electron chi connectivity index (χ3n) is 7.20. The van der Waals surface area contributed by atoms with Gasteiger partial charge in [0.15, 0.2) is 0 Å². The van der Waals surface area contributed by atoms with Crippen molar-refractivity contribution in [2.24, 2.45) is 0 Å². The second-order valence-electron chi connectivity index (χ2n) is 12.5. The number of pyridine rings is 2. The van der Waals surface area contributed by atoms with Gasteiger partial charge in [0.05, 0.1) is 11.4 Å². The number of aromatic nitrogens is 6. The molecule has 0 radical (unpaired) electrons. The topological polar surface area (TPSA) is 61.4 Å². The monoisotopic (exact) mass is 498 g/mol. The van der Waals surface area contributed by atoms with Crippen LogP contribution in [0.1, 0.15) is 103 Å². The van der Waals surface area contributed by atoms with Crippen LogP contribution in [0.25, 0.3) is 11.6 Å². The van der Waals surface area contributed by atoms with E-state index in [4.69, 9.17) is 9.97 Å². The van der Waals surface area contributed by atoms with Gasteiger partial charge in [-0.05, 0) is 60.1 Å². The third kappa shape index (κ3) is 5.25. The molecule has 0 saturated heterocycles. The molecule has 0 aliphatic rings. The van der Waals surface area contributed by atoms with Crippen LogP contribution in [-0.2, 0) is 29.1 Å². The Kier molecular flexibility index (Phi) is 6.91. The Hall–Kier alpha value is -3.28. The first-order chi connectivity index (χ1) is 17.3. The average Bonchev–Trinajstić information content (AvgIpc) is 3.51. The van der Waals surface area contributed by atoms with E-state index in [9.17, 15) is 0 Å². The lowest BCUT2D eigenvalue weighted by molar-refractivity contribution is 0.554. The second kappa shape index (κ2) is 9.55. The summed E-state index contributed by atoms with van der Waals surface area (Å²) in [5.41, 5.74) is 3.97. The largest absolute Gasteiger partial charge is 0.288 e. The molecule has 0 atom stereocenters. The van der Waals surface area contributed by atoms with Gasteiger partial charge in [-0.1, -0.05) is 55.4 Å². The number of aryl methyl sites for hydroxylation is 2. The minimum absolute atomic E-state index is 0.0336. The minimum atomic E-state index is -0.439. The number of rotatable bonds is 6. The van der Waals surface area contributed by atoms with Gasteiger partial charge in [0.25, 0.3) is 0 Å². The first-order valence-electron chi connectivity index (χ1n) is 13.4. The summed E-state index contributed by atoms with van der Waals surface area (Å²) >= 11 is 0. The fourth-order valence-corrected chi connectivity index (χ4v) is 4.53. The Bertz CT molecular complexity index is 1290. The molecular formula is C31H42N6. The molecule has 0 aromatic carbocycles. The van der Waals surface area contributed by atoms with Crippen LogP contribution in [-0.4, -0.2) is 29.1 Å². The molecule has 0 aliphatic heterocycles. The van der Waals surface area contributed by atoms with Crippen LogP contribution in [0.5, 0.6) is 0 Å². The number of hydrogen-bond donors (Lipinski definition) is 0. The fraction of sp³-hybridized carbons (Fsp3) is 0.484. The molecule has 0 aliphatic carbocycles.